The van der Waals surface area contributed by atoms with Gasteiger partial charge in [0.1, 0.15) is 5.69 Å². The molecular formula is C19H25N3O2. The summed E-state index contributed by atoms with van der Waals surface area (Å²) >= 11 is 0. The fourth-order valence-electron chi connectivity index (χ4n) is 3.17. The van der Waals surface area contributed by atoms with Gasteiger partial charge in [0.05, 0.1) is 6.10 Å². The van der Waals surface area contributed by atoms with Crippen LogP contribution in [0.3, 0.4) is 0 Å². The molecule has 0 radical (unpaired) electrons. The van der Waals surface area contributed by atoms with Crippen molar-refractivity contribution >= 4 is 5.91 Å². The molecule has 3 rings (SSSR count). The van der Waals surface area contributed by atoms with Crippen LogP contribution in [-0.4, -0.2) is 39.7 Å². The van der Waals surface area contributed by atoms with Gasteiger partial charge in [-0.25, -0.2) is 0 Å². The number of hydrogen-bond donors (Lipinski definition) is 2. The van der Waals surface area contributed by atoms with Crippen molar-refractivity contribution in [3.63, 3.8) is 0 Å². The third kappa shape index (κ3) is 4.04. The smallest absolute Gasteiger partial charge is 0.268 e. The van der Waals surface area contributed by atoms with E-state index in [0.717, 1.165) is 38.0 Å². The predicted octanol–water partition coefficient (Wildman–Crippen LogP) is 1.91. The van der Waals surface area contributed by atoms with Crippen molar-refractivity contribution in [3.8, 4) is 0 Å². The molecule has 0 spiro atoms. The zero-order valence-electron chi connectivity index (χ0n) is 14.1. The van der Waals surface area contributed by atoms with Crippen LogP contribution < -0.4 is 5.32 Å². The summed E-state index contributed by atoms with van der Waals surface area (Å²) in [6.45, 7) is 3.23. The van der Waals surface area contributed by atoms with E-state index in [0.29, 0.717) is 12.2 Å². The number of nitrogens with zero attached hydrogens (tertiary/aromatic N) is 2. The van der Waals surface area contributed by atoms with Crippen LogP contribution in [0.5, 0.6) is 0 Å². The second-order valence-corrected chi connectivity index (χ2v) is 6.46. The average molecular weight is 327 g/mol. The minimum absolute atomic E-state index is 0.0570. The van der Waals surface area contributed by atoms with E-state index in [1.807, 2.05) is 42.1 Å². The van der Waals surface area contributed by atoms with Gasteiger partial charge in [-0.1, -0.05) is 24.3 Å². The van der Waals surface area contributed by atoms with Crippen molar-refractivity contribution < 1.29 is 9.90 Å². The van der Waals surface area contributed by atoms with Crippen LogP contribution in [0.25, 0.3) is 0 Å². The van der Waals surface area contributed by atoms with Gasteiger partial charge in [0, 0.05) is 39.4 Å². The molecule has 1 aromatic carbocycles. The summed E-state index contributed by atoms with van der Waals surface area (Å²) in [6.07, 6.45) is 3.40. The number of hydrogen-bond acceptors (Lipinski definition) is 3. The van der Waals surface area contributed by atoms with Crippen molar-refractivity contribution in [2.24, 2.45) is 7.05 Å². The number of piperidine rings is 1. The van der Waals surface area contributed by atoms with Crippen LogP contribution in [0.2, 0.25) is 0 Å². The van der Waals surface area contributed by atoms with Crippen LogP contribution in [0.4, 0.5) is 0 Å². The Hall–Kier alpha value is -2.11. The lowest BCUT2D eigenvalue weighted by Gasteiger charge is -2.30. The van der Waals surface area contributed by atoms with Crippen molar-refractivity contribution in [2.75, 3.05) is 13.1 Å². The molecule has 128 valence electrons. The van der Waals surface area contributed by atoms with Gasteiger partial charge in [0.15, 0.2) is 0 Å². The summed E-state index contributed by atoms with van der Waals surface area (Å²) in [5.41, 5.74) is 3.05. The first-order valence-electron chi connectivity index (χ1n) is 8.50. The Balaban J connectivity index is 1.62. The van der Waals surface area contributed by atoms with Gasteiger partial charge in [-0.3, -0.25) is 9.69 Å². The Labute approximate surface area is 142 Å². The van der Waals surface area contributed by atoms with E-state index in [2.05, 4.69) is 22.3 Å². The largest absolute Gasteiger partial charge is 0.393 e. The standard InChI is InChI=1S/C19H25N3O2/c1-21-10-4-7-18(21)19(24)20-13-15-5-2-3-6-16(15)14-22-11-8-17(23)9-12-22/h2-7,10,17,23H,8-9,11-14H2,1H3,(H,20,24). The quantitative estimate of drug-likeness (QED) is 0.882. The Morgan fingerprint density at radius 1 is 1.17 bits per heavy atom. The Morgan fingerprint density at radius 3 is 2.54 bits per heavy atom. The first-order valence-corrected chi connectivity index (χ1v) is 8.50. The number of nitrogens with one attached hydrogen (secondary N) is 1. The molecule has 2 N–H and O–H groups in total. The number of carbonyl (C=O) groups is 1. The van der Waals surface area contributed by atoms with Gasteiger partial charge in [-0.05, 0) is 36.1 Å². The molecule has 1 aliphatic rings. The van der Waals surface area contributed by atoms with Crippen LogP contribution >= 0.6 is 0 Å². The Bertz CT molecular complexity index is 687. The van der Waals surface area contributed by atoms with E-state index in [1.54, 1.807) is 0 Å². The summed E-state index contributed by atoms with van der Waals surface area (Å²) in [4.78, 5) is 14.6. The molecule has 1 amide bonds. The van der Waals surface area contributed by atoms with E-state index in [-0.39, 0.29) is 12.0 Å². The molecule has 0 bridgehead atoms. The summed E-state index contributed by atoms with van der Waals surface area (Å²) in [7, 11) is 1.87. The SMILES string of the molecule is Cn1cccc1C(=O)NCc1ccccc1CN1CCC(O)CC1. The first kappa shape index (κ1) is 16.7. The number of aryl methyl sites for hydroxylation is 1. The van der Waals surface area contributed by atoms with E-state index in [1.165, 1.54) is 5.56 Å². The summed E-state index contributed by atoms with van der Waals surface area (Å²) in [5, 5.41) is 12.6. The second kappa shape index (κ2) is 7.64. The minimum Gasteiger partial charge on any atom is -0.393 e. The minimum atomic E-state index is -0.152. The summed E-state index contributed by atoms with van der Waals surface area (Å²) in [6, 6.07) is 11.9. The van der Waals surface area contributed by atoms with E-state index in [9.17, 15) is 9.90 Å². The molecule has 5 heteroatoms. The Kier molecular flexibility index (Phi) is 5.33. The molecule has 2 aromatic rings. The number of amides is 1. The molecule has 1 fully saturated rings. The molecule has 0 unspecified atom stereocenters. The van der Waals surface area contributed by atoms with Crippen molar-refractivity contribution in [1.82, 2.24) is 14.8 Å². The lowest BCUT2D eigenvalue weighted by molar-refractivity contribution is 0.0790. The zero-order chi connectivity index (χ0) is 16.9. The lowest BCUT2D eigenvalue weighted by atomic mass is 10.0. The third-order valence-electron chi connectivity index (χ3n) is 4.69. The van der Waals surface area contributed by atoms with Crippen molar-refractivity contribution in [3.05, 3.63) is 59.4 Å². The van der Waals surface area contributed by atoms with Gasteiger partial charge >= 0.3 is 0 Å². The number of aromatic nitrogens is 1. The third-order valence-corrected chi connectivity index (χ3v) is 4.69. The van der Waals surface area contributed by atoms with Crippen molar-refractivity contribution in [2.45, 2.75) is 32.0 Å². The highest BCUT2D eigenvalue weighted by molar-refractivity contribution is 5.92. The molecule has 0 saturated carbocycles. The van der Waals surface area contributed by atoms with E-state index in [4.69, 9.17) is 0 Å². The summed E-state index contributed by atoms with van der Waals surface area (Å²) in [5.74, 6) is -0.0570. The highest BCUT2D eigenvalue weighted by Gasteiger charge is 2.18. The first-order chi connectivity index (χ1) is 11.6. The van der Waals surface area contributed by atoms with Crippen LogP contribution in [0.1, 0.15) is 34.5 Å². The number of carbonyl (C=O) groups excluding carboxylic acids is 1. The van der Waals surface area contributed by atoms with Crippen LogP contribution in [-0.2, 0) is 20.1 Å². The fourth-order valence-corrected chi connectivity index (χ4v) is 3.17. The van der Waals surface area contributed by atoms with Gasteiger partial charge in [0.2, 0.25) is 0 Å². The zero-order valence-corrected chi connectivity index (χ0v) is 14.1. The maximum atomic E-state index is 12.3. The Morgan fingerprint density at radius 2 is 1.88 bits per heavy atom. The van der Waals surface area contributed by atoms with E-state index < -0.39 is 0 Å². The molecule has 1 aromatic heterocycles. The number of aliphatic hydroxyl groups excluding tert-OH is 1. The number of likely N-dealkylation sites (tertiary alicyclic amines) is 1. The molecule has 0 atom stereocenters. The molecule has 5 nitrogen and oxygen atoms in total. The van der Waals surface area contributed by atoms with E-state index >= 15 is 0 Å². The molecule has 0 aliphatic carbocycles. The van der Waals surface area contributed by atoms with Gasteiger partial charge in [-0.15, -0.1) is 0 Å². The fraction of sp³-hybridized carbons (Fsp3) is 0.421. The highest BCUT2D eigenvalue weighted by Crippen LogP contribution is 2.16. The average Bonchev–Trinajstić information content (AvgIpc) is 3.02. The predicted molar refractivity (Wildman–Crippen MR) is 93.5 cm³/mol. The van der Waals surface area contributed by atoms with Crippen molar-refractivity contribution in [1.29, 1.82) is 0 Å². The molecular weight excluding hydrogens is 302 g/mol. The molecule has 2 heterocycles. The maximum Gasteiger partial charge on any atom is 0.268 e. The van der Waals surface area contributed by atoms with Gasteiger partial charge in [0.25, 0.3) is 5.91 Å². The summed E-state index contributed by atoms with van der Waals surface area (Å²) < 4.78 is 1.82. The normalized spacial score (nSPS) is 16.2. The van der Waals surface area contributed by atoms with Gasteiger partial charge in [-0.2, -0.15) is 0 Å². The molecule has 1 saturated heterocycles. The number of benzene rings is 1. The lowest BCUT2D eigenvalue weighted by Crippen LogP contribution is -2.35. The topological polar surface area (TPSA) is 57.5 Å². The monoisotopic (exact) mass is 327 g/mol. The highest BCUT2D eigenvalue weighted by atomic mass is 16.3. The second-order valence-electron chi connectivity index (χ2n) is 6.46. The number of rotatable bonds is 5. The van der Waals surface area contributed by atoms with Crippen LogP contribution in [0.15, 0.2) is 42.6 Å². The van der Waals surface area contributed by atoms with Crippen LogP contribution in [0, 0.1) is 0 Å². The number of aliphatic hydroxyl groups is 1. The maximum absolute atomic E-state index is 12.3. The molecule has 24 heavy (non-hydrogen) atoms. The van der Waals surface area contributed by atoms with Gasteiger partial charge < -0.3 is 15.0 Å². The molecule has 1 aliphatic heterocycles.